The predicted octanol–water partition coefficient (Wildman–Crippen LogP) is 1.25. The largest absolute Gasteiger partial charge is 0.266 e. The molecule has 2 heterocycles. The van der Waals surface area contributed by atoms with Gasteiger partial charge in [-0.05, 0) is 17.5 Å². The lowest BCUT2D eigenvalue weighted by molar-refractivity contribution is 0.535. The van der Waals surface area contributed by atoms with Crippen LogP contribution in [0, 0.1) is 0 Å². The van der Waals surface area contributed by atoms with Gasteiger partial charge in [0.15, 0.2) is 0 Å². The Hall–Kier alpha value is -1.01. The smallest absolute Gasteiger partial charge is 0.263 e. The molecule has 0 unspecified atom stereocenters. The van der Waals surface area contributed by atoms with E-state index in [0.717, 1.165) is 0 Å². The van der Waals surface area contributed by atoms with Crippen LogP contribution >= 0.6 is 11.8 Å². The molecule has 0 aromatic carbocycles. The summed E-state index contributed by atoms with van der Waals surface area (Å²) in [4.78, 5) is 4.01. The molecule has 2 rings (SSSR count). The van der Waals surface area contributed by atoms with Gasteiger partial charge in [0.2, 0.25) is 0 Å². The van der Waals surface area contributed by atoms with Crippen LogP contribution in [0.5, 0.6) is 0 Å². The summed E-state index contributed by atoms with van der Waals surface area (Å²) in [6.45, 7) is 0. The summed E-state index contributed by atoms with van der Waals surface area (Å²) < 4.78 is 25.0. The molecule has 1 aliphatic rings. The molecule has 1 aromatic rings. The fourth-order valence-electron chi connectivity index (χ4n) is 1.06. The lowest BCUT2D eigenvalue weighted by Crippen LogP contribution is -2.23. The van der Waals surface area contributed by atoms with Gasteiger partial charge in [-0.15, -0.1) is 11.8 Å². The third-order valence-corrected chi connectivity index (χ3v) is 4.38. The fourth-order valence-corrected chi connectivity index (χ4v) is 3.36. The average Bonchev–Trinajstić information content (AvgIpc) is 2.72. The molecule has 4 nitrogen and oxygen atoms in total. The Morgan fingerprint density at radius 2 is 2.36 bits per heavy atom. The van der Waals surface area contributed by atoms with Gasteiger partial charge < -0.3 is 0 Å². The second kappa shape index (κ2) is 3.62. The van der Waals surface area contributed by atoms with Gasteiger partial charge in [-0.2, -0.15) is 0 Å². The first-order valence-electron chi connectivity index (χ1n) is 3.91. The van der Waals surface area contributed by atoms with Crippen LogP contribution in [0.1, 0.15) is 0 Å². The van der Waals surface area contributed by atoms with Crippen LogP contribution in [-0.4, -0.2) is 23.6 Å². The Kier molecular flexibility index (Phi) is 2.47. The van der Waals surface area contributed by atoms with Crippen molar-refractivity contribution < 1.29 is 8.42 Å². The first-order chi connectivity index (χ1) is 6.71. The van der Waals surface area contributed by atoms with Crippen molar-refractivity contribution in [2.75, 3.05) is 5.88 Å². The van der Waals surface area contributed by atoms with Gasteiger partial charge in [-0.3, -0.25) is 9.29 Å². The lowest BCUT2D eigenvalue weighted by atomic mass is 10.5. The van der Waals surface area contributed by atoms with E-state index in [9.17, 15) is 8.42 Å². The standard InChI is InChI=1S/C8H8N2O2S2/c11-14(12,10-4-5-13-7-10)8-2-1-3-9-6-8/h1-6H,7H2. The highest BCUT2D eigenvalue weighted by Crippen LogP contribution is 2.23. The highest BCUT2D eigenvalue weighted by atomic mass is 32.2. The molecule has 0 amide bonds. The van der Waals surface area contributed by atoms with Crippen molar-refractivity contribution in [1.82, 2.24) is 9.29 Å². The van der Waals surface area contributed by atoms with Crippen LogP contribution in [0.2, 0.25) is 0 Å². The van der Waals surface area contributed by atoms with E-state index < -0.39 is 10.0 Å². The van der Waals surface area contributed by atoms with Crippen molar-refractivity contribution in [3.05, 3.63) is 36.1 Å². The van der Waals surface area contributed by atoms with E-state index in [-0.39, 0.29) is 4.90 Å². The number of hydrogen-bond donors (Lipinski definition) is 0. The molecule has 0 N–H and O–H groups in total. The predicted molar refractivity (Wildman–Crippen MR) is 54.9 cm³/mol. The third-order valence-electron chi connectivity index (χ3n) is 1.77. The van der Waals surface area contributed by atoms with Crippen LogP contribution < -0.4 is 0 Å². The Balaban J connectivity index is 2.38. The first kappa shape index (κ1) is 9.54. The van der Waals surface area contributed by atoms with Gasteiger partial charge in [0.25, 0.3) is 10.0 Å². The number of pyridine rings is 1. The molecule has 1 aromatic heterocycles. The third kappa shape index (κ3) is 1.62. The topological polar surface area (TPSA) is 50.3 Å². The molecule has 0 atom stereocenters. The summed E-state index contributed by atoms with van der Waals surface area (Å²) in [5.74, 6) is 0.442. The van der Waals surface area contributed by atoms with E-state index in [1.807, 2.05) is 0 Å². The Morgan fingerprint density at radius 1 is 1.50 bits per heavy atom. The summed E-state index contributed by atoms with van der Waals surface area (Å²) in [5, 5.41) is 1.76. The minimum absolute atomic E-state index is 0.229. The van der Waals surface area contributed by atoms with Gasteiger partial charge in [-0.1, -0.05) is 0 Å². The van der Waals surface area contributed by atoms with Crippen LogP contribution in [0.4, 0.5) is 0 Å². The SMILES string of the molecule is O=S(=O)(c1cccnc1)N1C=CSC1. The highest BCUT2D eigenvalue weighted by Gasteiger charge is 2.23. The molecule has 14 heavy (non-hydrogen) atoms. The molecule has 1 aliphatic heterocycles. The zero-order valence-corrected chi connectivity index (χ0v) is 8.83. The Morgan fingerprint density at radius 3 is 2.93 bits per heavy atom. The summed E-state index contributed by atoms with van der Waals surface area (Å²) in [5.41, 5.74) is 0. The maximum Gasteiger partial charge on any atom is 0.266 e. The molecule has 0 aliphatic carbocycles. The van der Waals surface area contributed by atoms with Gasteiger partial charge in [0, 0.05) is 18.6 Å². The van der Waals surface area contributed by atoms with Gasteiger partial charge in [0.1, 0.15) is 4.90 Å². The van der Waals surface area contributed by atoms with Crippen molar-refractivity contribution in [3.8, 4) is 0 Å². The number of aromatic nitrogens is 1. The maximum atomic E-state index is 11.9. The number of hydrogen-bond acceptors (Lipinski definition) is 4. The van der Waals surface area contributed by atoms with Crippen LogP contribution in [0.3, 0.4) is 0 Å². The molecular formula is C8H8N2O2S2. The second-order valence-electron chi connectivity index (χ2n) is 2.66. The minimum Gasteiger partial charge on any atom is -0.263 e. The summed E-state index contributed by atoms with van der Waals surface area (Å²) in [7, 11) is -3.38. The van der Waals surface area contributed by atoms with E-state index in [1.165, 1.54) is 22.3 Å². The van der Waals surface area contributed by atoms with Crippen molar-refractivity contribution >= 4 is 21.8 Å². The number of sulfonamides is 1. The van der Waals surface area contributed by atoms with Gasteiger partial charge in [0.05, 0.1) is 5.88 Å². The van der Waals surface area contributed by atoms with E-state index in [4.69, 9.17) is 0 Å². The summed E-state index contributed by atoms with van der Waals surface area (Å²) >= 11 is 1.45. The van der Waals surface area contributed by atoms with Gasteiger partial charge in [-0.25, -0.2) is 8.42 Å². The Labute approximate surface area is 86.7 Å². The molecule has 6 heteroatoms. The van der Waals surface area contributed by atoms with Crippen molar-refractivity contribution in [2.24, 2.45) is 0 Å². The zero-order chi connectivity index (χ0) is 10.0. The fraction of sp³-hybridized carbons (Fsp3) is 0.125. The highest BCUT2D eigenvalue weighted by molar-refractivity contribution is 8.03. The van der Waals surface area contributed by atoms with Crippen LogP contribution in [0.25, 0.3) is 0 Å². The second-order valence-corrected chi connectivity index (χ2v) is 5.42. The molecular weight excluding hydrogens is 220 g/mol. The molecule has 0 saturated heterocycles. The normalized spacial score (nSPS) is 16.1. The number of thioether (sulfide) groups is 1. The van der Waals surface area contributed by atoms with E-state index in [2.05, 4.69) is 4.98 Å². The average molecular weight is 228 g/mol. The molecule has 0 spiro atoms. The molecule has 0 fully saturated rings. The quantitative estimate of drug-likeness (QED) is 0.764. The minimum atomic E-state index is -3.38. The lowest BCUT2D eigenvalue weighted by Gasteiger charge is -2.14. The summed E-state index contributed by atoms with van der Waals surface area (Å²) in [6.07, 6.45) is 4.47. The maximum absolute atomic E-state index is 11.9. The molecule has 0 radical (unpaired) electrons. The monoisotopic (exact) mass is 228 g/mol. The van der Waals surface area contributed by atoms with Crippen molar-refractivity contribution in [3.63, 3.8) is 0 Å². The number of nitrogens with zero attached hydrogens (tertiary/aromatic N) is 2. The van der Waals surface area contributed by atoms with Crippen LogP contribution in [0.15, 0.2) is 41.0 Å². The number of rotatable bonds is 2. The molecule has 0 saturated carbocycles. The summed E-state index contributed by atoms with van der Waals surface area (Å²) in [6, 6.07) is 3.15. The zero-order valence-electron chi connectivity index (χ0n) is 7.20. The van der Waals surface area contributed by atoms with E-state index in [1.54, 1.807) is 29.9 Å². The van der Waals surface area contributed by atoms with E-state index >= 15 is 0 Å². The van der Waals surface area contributed by atoms with E-state index in [0.29, 0.717) is 5.88 Å². The first-order valence-corrected chi connectivity index (χ1v) is 6.40. The van der Waals surface area contributed by atoms with Crippen molar-refractivity contribution in [2.45, 2.75) is 4.90 Å². The molecule has 74 valence electrons. The van der Waals surface area contributed by atoms with Gasteiger partial charge >= 0.3 is 0 Å². The van der Waals surface area contributed by atoms with Crippen molar-refractivity contribution in [1.29, 1.82) is 0 Å². The van der Waals surface area contributed by atoms with Crippen LogP contribution in [-0.2, 0) is 10.0 Å². The molecule has 0 bridgehead atoms. The Bertz CT molecular complexity index is 442.